The molecule has 0 aliphatic carbocycles. The van der Waals surface area contributed by atoms with E-state index in [1.54, 1.807) is 50.2 Å². The van der Waals surface area contributed by atoms with Gasteiger partial charge in [0.25, 0.3) is 0 Å². The first-order chi connectivity index (χ1) is 21.7. The minimum absolute atomic E-state index is 0.0512. The molecule has 1 fully saturated rings. The number of furan rings is 1. The first-order valence-corrected chi connectivity index (χ1v) is 17.1. The number of rotatable bonds is 9. The van der Waals surface area contributed by atoms with Crippen LogP contribution in [0.5, 0.6) is 0 Å². The largest absolute Gasteiger partial charge is 0.460 e. The van der Waals surface area contributed by atoms with Gasteiger partial charge in [-0.2, -0.15) is 0 Å². The van der Waals surface area contributed by atoms with Gasteiger partial charge < -0.3 is 24.9 Å². The van der Waals surface area contributed by atoms with Gasteiger partial charge in [0.2, 0.25) is 11.7 Å². The molecule has 1 aromatic heterocycles. The van der Waals surface area contributed by atoms with E-state index in [-0.39, 0.29) is 54.1 Å². The van der Waals surface area contributed by atoms with E-state index in [2.05, 4.69) is 5.32 Å². The normalized spacial score (nSPS) is 18.6. The van der Waals surface area contributed by atoms with Crippen LogP contribution in [0.1, 0.15) is 52.8 Å². The van der Waals surface area contributed by atoms with Gasteiger partial charge in [-0.3, -0.25) is 9.69 Å². The zero-order valence-electron chi connectivity index (χ0n) is 26.1. The molecule has 0 bridgehead atoms. The molecule has 1 atom stereocenters. The molecule has 3 N–H and O–H groups in total. The summed E-state index contributed by atoms with van der Waals surface area (Å²) in [6.07, 6.45) is 2.29. The topological polar surface area (TPSA) is 158 Å². The van der Waals surface area contributed by atoms with Gasteiger partial charge in [0.1, 0.15) is 5.76 Å². The maximum Gasteiger partial charge on any atom is 0.374 e. The number of ether oxygens (including phenoxy) is 2. The lowest BCUT2D eigenvalue weighted by atomic mass is 9.86. The molecule has 0 radical (unpaired) electrons. The first-order valence-electron chi connectivity index (χ1n) is 14.8. The SMILES string of the molecule is CCOC(=O)c1cc(CNC(=O)CN2CCCC3(C2)OC(=O)C(c2cc(Cl)c(-c4cccc(S(C)(=O)=O)c4)cc2C)=C3N)c(C)o1. The van der Waals surface area contributed by atoms with Crippen molar-refractivity contribution < 1.29 is 36.7 Å². The monoisotopic (exact) mass is 669 g/mol. The van der Waals surface area contributed by atoms with Crippen LogP contribution in [-0.2, 0) is 35.4 Å². The maximum atomic E-state index is 13.3. The van der Waals surface area contributed by atoms with E-state index in [1.165, 1.54) is 6.07 Å². The number of sulfone groups is 1. The molecule has 1 saturated heterocycles. The lowest BCUT2D eigenvalue weighted by Gasteiger charge is -2.39. The van der Waals surface area contributed by atoms with Crippen LogP contribution in [0.2, 0.25) is 5.02 Å². The maximum absolute atomic E-state index is 13.3. The molecule has 2 aromatic carbocycles. The Balaban J connectivity index is 1.31. The number of esters is 2. The van der Waals surface area contributed by atoms with Gasteiger partial charge in [-0.25, -0.2) is 18.0 Å². The predicted octanol–water partition coefficient (Wildman–Crippen LogP) is 4.17. The summed E-state index contributed by atoms with van der Waals surface area (Å²) in [4.78, 5) is 40.3. The number of hydrogen-bond acceptors (Lipinski definition) is 10. The van der Waals surface area contributed by atoms with Gasteiger partial charge in [-0.1, -0.05) is 23.7 Å². The number of nitrogens with zero attached hydrogens (tertiary/aromatic N) is 1. The number of aryl methyl sites for hydroxylation is 2. The zero-order valence-corrected chi connectivity index (χ0v) is 27.6. The van der Waals surface area contributed by atoms with E-state index < -0.39 is 27.4 Å². The molecule has 46 heavy (non-hydrogen) atoms. The lowest BCUT2D eigenvalue weighted by Crippen LogP contribution is -2.53. The summed E-state index contributed by atoms with van der Waals surface area (Å²) in [5.74, 6) is -0.793. The van der Waals surface area contributed by atoms with E-state index in [4.69, 9.17) is 31.2 Å². The molecule has 2 aliphatic rings. The van der Waals surface area contributed by atoms with Crippen LogP contribution in [0.25, 0.3) is 16.7 Å². The number of carbonyl (C=O) groups is 3. The average Bonchev–Trinajstić information content (AvgIpc) is 3.48. The van der Waals surface area contributed by atoms with Crippen molar-refractivity contribution in [2.45, 2.75) is 50.7 Å². The molecule has 3 heterocycles. The Morgan fingerprint density at radius 2 is 1.91 bits per heavy atom. The minimum atomic E-state index is -3.42. The van der Waals surface area contributed by atoms with Crippen molar-refractivity contribution in [3.63, 3.8) is 0 Å². The molecule has 244 valence electrons. The molecule has 11 nitrogen and oxygen atoms in total. The van der Waals surface area contributed by atoms with Crippen molar-refractivity contribution in [3.05, 3.63) is 81.4 Å². The fourth-order valence-electron chi connectivity index (χ4n) is 5.94. The highest BCUT2D eigenvalue weighted by atomic mass is 35.5. The van der Waals surface area contributed by atoms with Crippen LogP contribution in [0.3, 0.4) is 0 Å². The number of halogens is 1. The van der Waals surface area contributed by atoms with Crippen LogP contribution < -0.4 is 11.1 Å². The fraction of sp³-hybridized carbons (Fsp3) is 0.364. The Morgan fingerprint density at radius 3 is 2.63 bits per heavy atom. The second-order valence-corrected chi connectivity index (χ2v) is 14.0. The molecule has 0 saturated carbocycles. The van der Waals surface area contributed by atoms with Crippen molar-refractivity contribution in [2.24, 2.45) is 5.73 Å². The molecule has 2 aliphatic heterocycles. The van der Waals surface area contributed by atoms with Crippen molar-refractivity contribution in [1.82, 2.24) is 10.2 Å². The van der Waals surface area contributed by atoms with Crippen LogP contribution in [0.4, 0.5) is 0 Å². The second kappa shape index (κ2) is 12.9. The number of amides is 1. The van der Waals surface area contributed by atoms with E-state index in [1.807, 2.05) is 11.8 Å². The number of hydrogen-bond donors (Lipinski definition) is 2. The third-order valence-electron chi connectivity index (χ3n) is 8.28. The smallest absolute Gasteiger partial charge is 0.374 e. The van der Waals surface area contributed by atoms with E-state index >= 15 is 0 Å². The van der Waals surface area contributed by atoms with Crippen molar-refractivity contribution in [1.29, 1.82) is 0 Å². The summed E-state index contributed by atoms with van der Waals surface area (Å²) >= 11 is 6.70. The van der Waals surface area contributed by atoms with Crippen LogP contribution in [0, 0.1) is 13.8 Å². The molecule has 1 unspecified atom stereocenters. The standard InChI is InChI=1S/C33H36ClN3O8S/c1-5-43-31(39)27-14-22(20(3)44-27)16-36-28(38)17-37-11-7-10-33(18-37)30(35)29(32(40)45-33)24-15-26(34)25(12-19(24)2)21-8-6-9-23(13-21)46(4,41)42/h6,8-9,12-15H,5,7,10-11,16-18,35H2,1-4H3,(H,36,38). The van der Waals surface area contributed by atoms with Crippen LogP contribution in [0.15, 0.2) is 57.5 Å². The van der Waals surface area contributed by atoms with Gasteiger partial charge >= 0.3 is 11.9 Å². The Morgan fingerprint density at radius 1 is 1.15 bits per heavy atom. The fourth-order valence-corrected chi connectivity index (χ4v) is 6.88. The van der Waals surface area contributed by atoms with Crippen molar-refractivity contribution in [2.75, 3.05) is 32.5 Å². The third-order valence-corrected chi connectivity index (χ3v) is 9.71. The Kier molecular flexibility index (Phi) is 9.35. The number of carbonyl (C=O) groups excluding carboxylic acids is 3. The summed E-state index contributed by atoms with van der Waals surface area (Å²) in [6.45, 7) is 6.53. The quantitative estimate of drug-likeness (QED) is 0.317. The van der Waals surface area contributed by atoms with E-state index in [0.717, 1.165) is 6.26 Å². The van der Waals surface area contributed by atoms with Crippen LogP contribution in [-0.4, -0.2) is 69.3 Å². The summed E-state index contributed by atoms with van der Waals surface area (Å²) in [7, 11) is -3.42. The minimum Gasteiger partial charge on any atom is -0.460 e. The second-order valence-electron chi connectivity index (χ2n) is 11.6. The summed E-state index contributed by atoms with van der Waals surface area (Å²) in [6, 6.07) is 11.5. The van der Waals surface area contributed by atoms with Gasteiger partial charge in [-0.05, 0) is 87.2 Å². The zero-order chi connectivity index (χ0) is 33.4. The van der Waals surface area contributed by atoms with Gasteiger partial charge in [0.05, 0.1) is 29.3 Å². The van der Waals surface area contributed by atoms with Gasteiger partial charge in [0, 0.05) is 35.5 Å². The number of nitrogens with two attached hydrogens (primary N) is 1. The van der Waals surface area contributed by atoms with E-state index in [0.29, 0.717) is 58.0 Å². The molecular formula is C33H36ClN3O8S. The Labute approximate surface area is 272 Å². The first kappa shape index (κ1) is 33.2. The molecular weight excluding hydrogens is 634 g/mol. The van der Waals surface area contributed by atoms with Crippen molar-refractivity contribution >= 4 is 44.9 Å². The highest BCUT2D eigenvalue weighted by molar-refractivity contribution is 7.90. The number of piperidine rings is 1. The van der Waals surface area contributed by atoms with Crippen molar-refractivity contribution in [3.8, 4) is 11.1 Å². The molecule has 13 heteroatoms. The summed E-state index contributed by atoms with van der Waals surface area (Å²) in [5.41, 5.74) is 9.25. The molecule has 1 spiro atoms. The molecule has 3 aromatic rings. The Bertz CT molecular complexity index is 1870. The Hall–Kier alpha value is -4.13. The highest BCUT2D eigenvalue weighted by Gasteiger charge is 2.49. The van der Waals surface area contributed by atoms with Gasteiger partial charge in [0.15, 0.2) is 15.4 Å². The number of nitrogens with one attached hydrogen (secondary N) is 1. The van der Waals surface area contributed by atoms with E-state index in [9.17, 15) is 22.8 Å². The summed E-state index contributed by atoms with van der Waals surface area (Å²) in [5, 5.41) is 3.18. The summed E-state index contributed by atoms with van der Waals surface area (Å²) < 4.78 is 40.6. The predicted molar refractivity (Wildman–Crippen MR) is 172 cm³/mol. The lowest BCUT2D eigenvalue weighted by molar-refractivity contribution is -0.149. The highest BCUT2D eigenvalue weighted by Crippen LogP contribution is 2.43. The van der Waals surface area contributed by atoms with Crippen LogP contribution >= 0.6 is 11.6 Å². The number of likely N-dealkylation sites (tertiary alicyclic amines) is 1. The third kappa shape index (κ3) is 6.69. The average molecular weight is 670 g/mol. The molecule has 5 rings (SSSR count). The molecule has 1 amide bonds. The van der Waals surface area contributed by atoms with Gasteiger partial charge in [-0.15, -0.1) is 0 Å². The number of benzene rings is 2.